The Labute approximate surface area is 181 Å². The molecule has 1 aliphatic carbocycles. The van der Waals surface area contributed by atoms with Crippen molar-refractivity contribution in [2.45, 2.75) is 39.5 Å². The van der Waals surface area contributed by atoms with Crippen LogP contribution in [-0.2, 0) is 14.3 Å². The van der Waals surface area contributed by atoms with E-state index in [4.69, 9.17) is 4.74 Å². The lowest BCUT2D eigenvalue weighted by molar-refractivity contribution is -0.384. The number of ketones is 1. The second kappa shape index (κ2) is 7.92. The molecule has 0 bridgehead atoms. The molecule has 1 amide bonds. The molecule has 1 saturated heterocycles. The number of morpholine rings is 1. The number of nitrogens with zero attached hydrogens (tertiary/aromatic N) is 2. The first-order chi connectivity index (χ1) is 14.7. The number of allylic oxidation sites excluding steroid dienone is 3. The fourth-order valence-electron chi connectivity index (χ4n) is 4.78. The van der Waals surface area contributed by atoms with Crippen molar-refractivity contribution in [2.24, 2.45) is 5.41 Å². The van der Waals surface area contributed by atoms with Crippen molar-refractivity contribution in [1.29, 1.82) is 0 Å². The van der Waals surface area contributed by atoms with Crippen molar-refractivity contribution in [3.63, 3.8) is 0 Å². The zero-order valence-electron chi connectivity index (χ0n) is 18.1. The SMILES string of the molecule is CC1=C(C(=O)N2CCOCC2)C(c2ccc([N+](=O)[O-])cc2)C2=C(CC(C)(C)CC2=O)N1. The van der Waals surface area contributed by atoms with Gasteiger partial charge in [0.1, 0.15) is 0 Å². The van der Waals surface area contributed by atoms with Crippen LogP contribution in [0, 0.1) is 15.5 Å². The summed E-state index contributed by atoms with van der Waals surface area (Å²) in [7, 11) is 0. The monoisotopic (exact) mass is 425 g/mol. The number of hydrogen-bond acceptors (Lipinski definition) is 6. The number of nitrogens with one attached hydrogen (secondary N) is 1. The Morgan fingerprint density at radius 3 is 2.45 bits per heavy atom. The highest BCUT2D eigenvalue weighted by molar-refractivity contribution is 6.05. The van der Waals surface area contributed by atoms with Crippen molar-refractivity contribution in [1.82, 2.24) is 10.2 Å². The van der Waals surface area contributed by atoms with Crippen molar-refractivity contribution in [3.8, 4) is 0 Å². The van der Waals surface area contributed by atoms with Gasteiger partial charge in [0, 0.05) is 60.1 Å². The highest BCUT2D eigenvalue weighted by Gasteiger charge is 2.43. The van der Waals surface area contributed by atoms with E-state index in [0.717, 1.165) is 11.4 Å². The lowest BCUT2D eigenvalue weighted by atomic mass is 9.68. The molecule has 0 aromatic heterocycles. The minimum atomic E-state index is -0.545. The van der Waals surface area contributed by atoms with E-state index < -0.39 is 10.8 Å². The second-order valence-corrected chi connectivity index (χ2v) is 9.18. The molecule has 0 spiro atoms. The molecular formula is C23H27N3O5. The van der Waals surface area contributed by atoms with E-state index >= 15 is 0 Å². The second-order valence-electron chi connectivity index (χ2n) is 9.18. The van der Waals surface area contributed by atoms with Gasteiger partial charge in [0.15, 0.2) is 5.78 Å². The predicted octanol–water partition coefficient (Wildman–Crippen LogP) is 3.06. The van der Waals surface area contributed by atoms with Crippen molar-refractivity contribution in [2.75, 3.05) is 26.3 Å². The van der Waals surface area contributed by atoms with Crippen molar-refractivity contribution >= 4 is 17.4 Å². The Kier molecular flexibility index (Phi) is 5.43. The maximum Gasteiger partial charge on any atom is 0.269 e. The van der Waals surface area contributed by atoms with Gasteiger partial charge in [-0.3, -0.25) is 19.7 Å². The zero-order valence-corrected chi connectivity index (χ0v) is 18.1. The number of ether oxygens (including phenoxy) is 1. The summed E-state index contributed by atoms with van der Waals surface area (Å²) in [6.07, 6.45) is 1.10. The molecule has 1 unspecified atom stereocenters. The molecule has 0 radical (unpaired) electrons. The number of amides is 1. The van der Waals surface area contributed by atoms with Gasteiger partial charge < -0.3 is 15.0 Å². The van der Waals surface area contributed by atoms with Crippen LogP contribution < -0.4 is 5.32 Å². The highest BCUT2D eigenvalue weighted by atomic mass is 16.6. The third-order valence-corrected chi connectivity index (χ3v) is 6.21. The minimum Gasteiger partial charge on any atom is -0.378 e. The molecule has 1 N–H and O–H groups in total. The number of dihydropyridines is 1. The van der Waals surface area contributed by atoms with E-state index in [1.165, 1.54) is 12.1 Å². The summed E-state index contributed by atoms with van der Waals surface area (Å²) in [5.74, 6) is -0.654. The van der Waals surface area contributed by atoms with E-state index in [1.807, 2.05) is 6.92 Å². The molecule has 0 saturated carbocycles. The van der Waals surface area contributed by atoms with Crippen LogP contribution in [0.4, 0.5) is 5.69 Å². The molecule has 2 heterocycles. The number of hydrogen-bond donors (Lipinski definition) is 1. The van der Waals surface area contributed by atoms with Crippen LogP contribution in [0.5, 0.6) is 0 Å². The number of carbonyl (C=O) groups excluding carboxylic acids is 2. The first kappa shape index (κ1) is 21.2. The van der Waals surface area contributed by atoms with Crippen LogP contribution in [0.3, 0.4) is 0 Å². The maximum atomic E-state index is 13.6. The van der Waals surface area contributed by atoms with E-state index in [2.05, 4.69) is 19.2 Å². The predicted molar refractivity (Wildman–Crippen MR) is 114 cm³/mol. The summed E-state index contributed by atoms with van der Waals surface area (Å²) in [5.41, 5.74) is 3.23. The lowest BCUT2D eigenvalue weighted by Crippen LogP contribution is -2.45. The van der Waals surface area contributed by atoms with Gasteiger partial charge in [-0.25, -0.2) is 0 Å². The van der Waals surface area contributed by atoms with E-state index in [-0.39, 0.29) is 22.8 Å². The third kappa shape index (κ3) is 3.99. The number of non-ortho nitro benzene ring substituents is 1. The Bertz CT molecular complexity index is 1000. The van der Waals surface area contributed by atoms with E-state index in [9.17, 15) is 19.7 Å². The third-order valence-electron chi connectivity index (χ3n) is 6.21. The first-order valence-corrected chi connectivity index (χ1v) is 10.5. The molecular weight excluding hydrogens is 398 g/mol. The van der Waals surface area contributed by atoms with Crippen molar-refractivity contribution < 1.29 is 19.2 Å². The number of rotatable bonds is 3. The average Bonchev–Trinajstić information content (AvgIpc) is 2.72. The van der Waals surface area contributed by atoms with Gasteiger partial charge in [-0.15, -0.1) is 0 Å². The zero-order chi connectivity index (χ0) is 22.3. The Morgan fingerprint density at radius 2 is 1.84 bits per heavy atom. The van der Waals surface area contributed by atoms with Crippen LogP contribution in [-0.4, -0.2) is 47.8 Å². The topological polar surface area (TPSA) is 102 Å². The van der Waals surface area contributed by atoms with Crippen LogP contribution in [0.1, 0.15) is 45.1 Å². The van der Waals surface area contributed by atoms with Crippen LogP contribution >= 0.6 is 0 Å². The number of carbonyl (C=O) groups is 2. The quantitative estimate of drug-likeness (QED) is 0.590. The fraction of sp³-hybridized carbons (Fsp3) is 0.478. The molecule has 4 rings (SSSR count). The molecule has 8 nitrogen and oxygen atoms in total. The smallest absolute Gasteiger partial charge is 0.269 e. The summed E-state index contributed by atoms with van der Waals surface area (Å²) >= 11 is 0. The van der Waals surface area contributed by atoms with Gasteiger partial charge in [0.05, 0.1) is 18.1 Å². The van der Waals surface area contributed by atoms with Gasteiger partial charge in [0.2, 0.25) is 0 Å². The lowest BCUT2D eigenvalue weighted by Gasteiger charge is -2.41. The van der Waals surface area contributed by atoms with Crippen LogP contribution in [0.15, 0.2) is 46.8 Å². The summed E-state index contributed by atoms with van der Waals surface area (Å²) in [4.78, 5) is 39.3. The Hall–Kier alpha value is -3.00. The van der Waals surface area contributed by atoms with Gasteiger partial charge in [-0.05, 0) is 24.3 Å². The molecule has 31 heavy (non-hydrogen) atoms. The molecule has 8 heteroatoms. The number of benzene rings is 1. The summed E-state index contributed by atoms with van der Waals surface area (Å²) < 4.78 is 5.38. The summed E-state index contributed by atoms with van der Waals surface area (Å²) in [6.45, 7) is 7.94. The van der Waals surface area contributed by atoms with Gasteiger partial charge in [0.25, 0.3) is 11.6 Å². The normalized spacial score (nSPS) is 23.4. The number of Topliss-reactive ketones (excluding diaryl/α,β-unsaturated/α-hetero) is 1. The maximum absolute atomic E-state index is 13.6. The number of nitro groups is 1. The summed E-state index contributed by atoms with van der Waals surface area (Å²) in [5, 5.41) is 14.5. The molecule has 164 valence electrons. The van der Waals surface area contributed by atoms with Crippen molar-refractivity contribution in [3.05, 3.63) is 62.5 Å². The van der Waals surface area contributed by atoms with Gasteiger partial charge >= 0.3 is 0 Å². The van der Waals surface area contributed by atoms with Gasteiger partial charge in [-0.1, -0.05) is 26.0 Å². The molecule has 1 atom stereocenters. The number of nitro benzene ring substituents is 1. The average molecular weight is 425 g/mol. The molecule has 1 aromatic carbocycles. The molecule has 2 aliphatic heterocycles. The van der Waals surface area contributed by atoms with E-state index in [0.29, 0.717) is 55.9 Å². The molecule has 1 aromatic rings. The van der Waals surface area contributed by atoms with Crippen LogP contribution in [0.25, 0.3) is 0 Å². The Morgan fingerprint density at radius 1 is 1.19 bits per heavy atom. The Balaban J connectivity index is 1.82. The fourth-order valence-corrected chi connectivity index (χ4v) is 4.78. The van der Waals surface area contributed by atoms with E-state index in [1.54, 1.807) is 17.0 Å². The molecule has 3 aliphatic rings. The summed E-state index contributed by atoms with van der Waals surface area (Å²) in [6, 6.07) is 6.18. The largest absolute Gasteiger partial charge is 0.378 e. The van der Waals surface area contributed by atoms with Gasteiger partial charge in [-0.2, -0.15) is 0 Å². The first-order valence-electron chi connectivity index (χ1n) is 10.5. The van der Waals surface area contributed by atoms with Crippen LogP contribution in [0.2, 0.25) is 0 Å². The highest BCUT2D eigenvalue weighted by Crippen LogP contribution is 2.47. The molecule has 1 fully saturated rings. The minimum absolute atomic E-state index is 0.0156. The standard InChI is InChI=1S/C23H27N3O5/c1-14-19(22(28)25-8-10-31-11-9-25)20(15-4-6-16(7-5-15)26(29)30)21-17(24-14)12-23(2,3)13-18(21)27/h4-7,20,24H,8-13H2,1-3H3.